The Morgan fingerprint density at radius 3 is 2.61 bits per heavy atom. The summed E-state index contributed by atoms with van der Waals surface area (Å²) in [6.45, 7) is 4.09. The third-order valence-corrected chi connectivity index (χ3v) is 4.95. The normalized spacial score (nSPS) is 11.0. The van der Waals surface area contributed by atoms with Gasteiger partial charge in [0.1, 0.15) is 5.75 Å². The fourth-order valence-electron chi connectivity index (χ4n) is 3.07. The second-order valence-electron chi connectivity index (χ2n) is 6.46. The van der Waals surface area contributed by atoms with Gasteiger partial charge in [-0.15, -0.1) is 0 Å². The van der Waals surface area contributed by atoms with Crippen LogP contribution in [0.15, 0.2) is 64.2 Å². The molecule has 0 saturated heterocycles. The van der Waals surface area contributed by atoms with Gasteiger partial charge in [0.15, 0.2) is 0 Å². The predicted molar refractivity (Wildman–Crippen MR) is 115 cm³/mol. The fraction of sp³-hybridized carbons (Fsp3) is 0.182. The van der Waals surface area contributed by atoms with Gasteiger partial charge >= 0.3 is 0 Å². The van der Waals surface area contributed by atoms with Gasteiger partial charge in [-0.1, -0.05) is 34.1 Å². The highest BCUT2D eigenvalue weighted by atomic mass is 79.9. The molecule has 5 nitrogen and oxygen atoms in total. The lowest BCUT2D eigenvalue weighted by Gasteiger charge is -2.09. The van der Waals surface area contributed by atoms with Crippen molar-refractivity contribution in [2.45, 2.75) is 20.3 Å². The number of carbonyl (C=O) groups excluding carboxylic acids is 1. The monoisotopic (exact) mass is 439 g/mol. The molecule has 1 N–H and O–H groups in total. The second kappa shape index (κ2) is 8.89. The van der Waals surface area contributed by atoms with Gasteiger partial charge in [0.2, 0.25) is 5.91 Å². The van der Waals surface area contributed by atoms with Crippen LogP contribution in [-0.4, -0.2) is 23.8 Å². The van der Waals surface area contributed by atoms with Gasteiger partial charge < -0.3 is 9.30 Å². The predicted octanol–water partition coefficient (Wildman–Crippen LogP) is 4.56. The van der Waals surface area contributed by atoms with Crippen molar-refractivity contribution >= 4 is 28.1 Å². The molecule has 3 aromatic rings. The third-order valence-electron chi connectivity index (χ3n) is 4.45. The zero-order valence-corrected chi connectivity index (χ0v) is 17.7. The van der Waals surface area contributed by atoms with E-state index in [-0.39, 0.29) is 12.3 Å². The highest BCUT2D eigenvalue weighted by Gasteiger charge is 2.10. The maximum absolute atomic E-state index is 12.1. The number of hydrazone groups is 1. The Morgan fingerprint density at radius 2 is 1.93 bits per heavy atom. The molecule has 0 radical (unpaired) electrons. The van der Waals surface area contributed by atoms with Crippen LogP contribution in [0, 0.1) is 13.8 Å². The van der Waals surface area contributed by atoms with E-state index in [2.05, 4.69) is 49.2 Å². The van der Waals surface area contributed by atoms with Gasteiger partial charge in [0, 0.05) is 27.1 Å². The number of hydrogen-bond acceptors (Lipinski definition) is 3. The van der Waals surface area contributed by atoms with Crippen molar-refractivity contribution in [1.29, 1.82) is 0 Å². The molecule has 2 aromatic carbocycles. The first-order valence-electron chi connectivity index (χ1n) is 8.87. The second-order valence-corrected chi connectivity index (χ2v) is 7.38. The number of amides is 1. The summed E-state index contributed by atoms with van der Waals surface area (Å²) < 4.78 is 8.31. The average Bonchev–Trinajstić information content (AvgIpc) is 2.96. The molecule has 0 saturated carbocycles. The quantitative estimate of drug-likeness (QED) is 0.452. The van der Waals surface area contributed by atoms with Crippen molar-refractivity contribution in [3.05, 3.63) is 81.6 Å². The van der Waals surface area contributed by atoms with E-state index in [4.69, 9.17) is 4.74 Å². The Kier molecular flexibility index (Phi) is 6.31. The molecular weight excluding hydrogens is 418 g/mol. The Labute approximate surface area is 173 Å². The topological polar surface area (TPSA) is 55.6 Å². The van der Waals surface area contributed by atoms with E-state index in [9.17, 15) is 4.79 Å². The molecule has 6 heteroatoms. The minimum absolute atomic E-state index is 0.165. The first-order valence-corrected chi connectivity index (χ1v) is 9.67. The number of aromatic nitrogens is 1. The minimum Gasteiger partial charge on any atom is -0.497 e. The summed E-state index contributed by atoms with van der Waals surface area (Å²) in [6, 6.07) is 17.6. The number of methoxy groups -OCH3 is 1. The number of aryl methyl sites for hydroxylation is 1. The first kappa shape index (κ1) is 19.9. The molecule has 0 aliphatic carbocycles. The zero-order chi connectivity index (χ0) is 20.1. The van der Waals surface area contributed by atoms with Crippen molar-refractivity contribution in [3.8, 4) is 11.4 Å². The van der Waals surface area contributed by atoms with Crippen LogP contribution in [0.2, 0.25) is 0 Å². The molecule has 28 heavy (non-hydrogen) atoms. The van der Waals surface area contributed by atoms with Crippen molar-refractivity contribution in [1.82, 2.24) is 9.99 Å². The van der Waals surface area contributed by atoms with Gasteiger partial charge in [-0.3, -0.25) is 4.79 Å². The standard InChI is InChI=1S/C22H22BrN3O2/c1-15-11-18(16(2)26(15)20-6-4-5-19(23)13-20)14-24-25-22(27)12-17-7-9-21(28-3)10-8-17/h4-11,13-14H,12H2,1-3H3,(H,25,27)/b24-14-. The smallest absolute Gasteiger partial charge is 0.244 e. The summed E-state index contributed by atoms with van der Waals surface area (Å²) in [5.74, 6) is 0.602. The Morgan fingerprint density at radius 1 is 1.18 bits per heavy atom. The van der Waals surface area contributed by atoms with Gasteiger partial charge in [-0.25, -0.2) is 5.43 Å². The Balaban J connectivity index is 1.67. The average molecular weight is 440 g/mol. The van der Waals surface area contributed by atoms with E-state index in [0.717, 1.165) is 38.4 Å². The number of hydrogen-bond donors (Lipinski definition) is 1. The lowest BCUT2D eigenvalue weighted by atomic mass is 10.1. The Bertz CT molecular complexity index is 1010. The molecule has 0 bridgehead atoms. The largest absolute Gasteiger partial charge is 0.497 e. The van der Waals surface area contributed by atoms with Gasteiger partial charge in [0.05, 0.1) is 19.7 Å². The van der Waals surface area contributed by atoms with Crippen LogP contribution < -0.4 is 10.2 Å². The molecule has 0 aliphatic heterocycles. The Hall–Kier alpha value is -2.86. The maximum atomic E-state index is 12.1. The molecule has 0 aliphatic rings. The number of carbonyl (C=O) groups is 1. The molecule has 0 unspecified atom stereocenters. The van der Waals surface area contributed by atoms with Crippen molar-refractivity contribution < 1.29 is 9.53 Å². The van der Waals surface area contributed by atoms with Gasteiger partial charge in [-0.05, 0) is 55.8 Å². The number of rotatable bonds is 6. The maximum Gasteiger partial charge on any atom is 0.244 e. The van der Waals surface area contributed by atoms with Crippen molar-refractivity contribution in [3.63, 3.8) is 0 Å². The highest BCUT2D eigenvalue weighted by molar-refractivity contribution is 9.10. The van der Waals surface area contributed by atoms with Crippen molar-refractivity contribution in [2.75, 3.05) is 7.11 Å². The summed E-state index contributed by atoms with van der Waals surface area (Å²) in [7, 11) is 1.62. The number of benzene rings is 2. The minimum atomic E-state index is -0.165. The zero-order valence-electron chi connectivity index (χ0n) is 16.1. The van der Waals surface area contributed by atoms with E-state index in [1.165, 1.54) is 0 Å². The lowest BCUT2D eigenvalue weighted by molar-refractivity contribution is -0.120. The van der Waals surface area contributed by atoms with Crippen LogP contribution in [0.4, 0.5) is 0 Å². The van der Waals surface area contributed by atoms with Crippen LogP contribution >= 0.6 is 15.9 Å². The van der Waals surface area contributed by atoms with E-state index in [1.54, 1.807) is 13.3 Å². The molecule has 1 heterocycles. The van der Waals surface area contributed by atoms with Crippen LogP contribution in [0.1, 0.15) is 22.5 Å². The number of nitrogens with one attached hydrogen (secondary N) is 1. The SMILES string of the molecule is COc1ccc(CC(=O)N/N=C\c2cc(C)n(-c3cccc(Br)c3)c2C)cc1. The van der Waals surface area contributed by atoms with Gasteiger partial charge in [0.25, 0.3) is 0 Å². The van der Waals surface area contributed by atoms with E-state index >= 15 is 0 Å². The fourth-order valence-corrected chi connectivity index (χ4v) is 3.46. The molecule has 0 fully saturated rings. The summed E-state index contributed by atoms with van der Waals surface area (Å²) in [6.07, 6.45) is 1.95. The summed E-state index contributed by atoms with van der Waals surface area (Å²) in [5, 5.41) is 4.13. The molecule has 1 aromatic heterocycles. The number of halogens is 1. The molecule has 144 valence electrons. The van der Waals surface area contributed by atoms with Crippen LogP contribution in [0.25, 0.3) is 5.69 Å². The summed E-state index contributed by atoms with van der Waals surface area (Å²) in [4.78, 5) is 12.1. The summed E-state index contributed by atoms with van der Waals surface area (Å²) in [5.41, 5.74) is 7.69. The van der Waals surface area contributed by atoms with Crippen LogP contribution in [0.5, 0.6) is 5.75 Å². The third kappa shape index (κ3) is 4.70. The molecular formula is C22H22BrN3O2. The summed E-state index contributed by atoms with van der Waals surface area (Å²) >= 11 is 3.51. The molecule has 0 atom stereocenters. The lowest BCUT2D eigenvalue weighted by Crippen LogP contribution is -2.19. The van der Waals surface area contributed by atoms with Crippen LogP contribution in [-0.2, 0) is 11.2 Å². The van der Waals surface area contributed by atoms with E-state index in [1.807, 2.05) is 50.2 Å². The molecule has 0 spiro atoms. The van der Waals surface area contributed by atoms with E-state index in [0.29, 0.717) is 0 Å². The highest BCUT2D eigenvalue weighted by Crippen LogP contribution is 2.22. The van der Waals surface area contributed by atoms with Crippen molar-refractivity contribution in [2.24, 2.45) is 5.10 Å². The number of ether oxygens (including phenoxy) is 1. The van der Waals surface area contributed by atoms with Gasteiger partial charge in [-0.2, -0.15) is 5.10 Å². The molecule has 1 amide bonds. The first-order chi connectivity index (χ1) is 13.5. The van der Waals surface area contributed by atoms with E-state index < -0.39 is 0 Å². The molecule has 3 rings (SSSR count). The van der Waals surface area contributed by atoms with Crippen LogP contribution in [0.3, 0.4) is 0 Å². The number of nitrogens with zero attached hydrogens (tertiary/aromatic N) is 2.